The zero-order chi connectivity index (χ0) is 7.84. The second-order valence-corrected chi connectivity index (χ2v) is 2.92. The molecule has 0 spiro atoms. The standard InChI is InChI=1S/C7H12O4/c1-9-7-6-5(11-6)2-4(3-8)10-7/h4-8H,2-3H2,1H3/t4-,5+,6+,7-/m0/s1. The fraction of sp³-hybridized carbons (Fsp3) is 1.00. The molecule has 64 valence electrons. The van der Waals surface area contributed by atoms with E-state index in [4.69, 9.17) is 19.3 Å². The number of hydrogen-bond donors (Lipinski definition) is 1. The average Bonchev–Trinajstić information content (AvgIpc) is 2.80. The molecule has 4 nitrogen and oxygen atoms in total. The summed E-state index contributed by atoms with van der Waals surface area (Å²) in [5.74, 6) is 0. The lowest BCUT2D eigenvalue weighted by Gasteiger charge is -2.24. The molecular formula is C7H12O4. The summed E-state index contributed by atoms with van der Waals surface area (Å²) in [4.78, 5) is 0. The fourth-order valence-electron chi connectivity index (χ4n) is 1.47. The van der Waals surface area contributed by atoms with Crippen LogP contribution >= 0.6 is 0 Å². The second kappa shape index (κ2) is 2.71. The predicted octanol–water partition coefficient (Wildman–Crippen LogP) is -0.493. The van der Waals surface area contributed by atoms with Crippen molar-refractivity contribution in [3.05, 3.63) is 0 Å². The molecule has 2 heterocycles. The molecule has 0 aromatic heterocycles. The SMILES string of the molecule is CO[C@H]1O[C@H](CO)C[C@H]2O[C@@H]12. The van der Waals surface area contributed by atoms with E-state index in [2.05, 4.69) is 0 Å². The summed E-state index contributed by atoms with van der Waals surface area (Å²) in [5.41, 5.74) is 0. The summed E-state index contributed by atoms with van der Waals surface area (Å²) in [7, 11) is 1.59. The molecule has 2 aliphatic heterocycles. The van der Waals surface area contributed by atoms with E-state index in [1.807, 2.05) is 0 Å². The van der Waals surface area contributed by atoms with Crippen molar-refractivity contribution in [1.82, 2.24) is 0 Å². The molecule has 0 amide bonds. The molecule has 1 N–H and O–H groups in total. The Hall–Kier alpha value is -0.160. The normalized spacial score (nSPS) is 48.5. The molecule has 0 unspecified atom stereocenters. The van der Waals surface area contributed by atoms with E-state index in [1.54, 1.807) is 7.11 Å². The van der Waals surface area contributed by atoms with Crippen LogP contribution in [-0.2, 0) is 14.2 Å². The molecule has 0 radical (unpaired) electrons. The summed E-state index contributed by atoms with van der Waals surface area (Å²) in [6.07, 6.45) is 0.782. The Kier molecular flexibility index (Phi) is 1.85. The highest BCUT2D eigenvalue weighted by Gasteiger charge is 2.51. The number of ether oxygens (including phenoxy) is 3. The Labute approximate surface area is 65.1 Å². The highest BCUT2D eigenvalue weighted by molar-refractivity contribution is 4.93. The zero-order valence-corrected chi connectivity index (χ0v) is 6.40. The Morgan fingerprint density at radius 2 is 2.36 bits per heavy atom. The van der Waals surface area contributed by atoms with Crippen LogP contribution < -0.4 is 0 Å². The van der Waals surface area contributed by atoms with Crippen molar-refractivity contribution >= 4 is 0 Å². The van der Waals surface area contributed by atoms with Gasteiger partial charge in [-0.25, -0.2) is 0 Å². The molecule has 4 atom stereocenters. The van der Waals surface area contributed by atoms with Gasteiger partial charge in [0.1, 0.15) is 6.10 Å². The molecule has 4 heteroatoms. The van der Waals surface area contributed by atoms with Crippen molar-refractivity contribution in [2.45, 2.75) is 31.0 Å². The smallest absolute Gasteiger partial charge is 0.186 e. The van der Waals surface area contributed by atoms with Crippen LogP contribution in [0.1, 0.15) is 6.42 Å². The van der Waals surface area contributed by atoms with Gasteiger partial charge < -0.3 is 19.3 Å². The minimum atomic E-state index is -0.272. The van der Waals surface area contributed by atoms with Crippen LogP contribution in [0.2, 0.25) is 0 Å². The minimum absolute atomic E-state index is 0.0481. The largest absolute Gasteiger partial charge is 0.394 e. The average molecular weight is 160 g/mol. The highest BCUT2D eigenvalue weighted by atomic mass is 16.7. The van der Waals surface area contributed by atoms with Gasteiger partial charge in [-0.05, 0) is 0 Å². The quantitative estimate of drug-likeness (QED) is 0.554. The van der Waals surface area contributed by atoms with E-state index in [0.29, 0.717) is 0 Å². The third-order valence-corrected chi connectivity index (χ3v) is 2.15. The second-order valence-electron chi connectivity index (χ2n) is 2.92. The number of hydrogen-bond acceptors (Lipinski definition) is 4. The van der Waals surface area contributed by atoms with Crippen molar-refractivity contribution in [2.24, 2.45) is 0 Å². The monoisotopic (exact) mass is 160 g/mol. The fourth-order valence-corrected chi connectivity index (χ4v) is 1.47. The van der Waals surface area contributed by atoms with Gasteiger partial charge in [-0.3, -0.25) is 0 Å². The van der Waals surface area contributed by atoms with Gasteiger partial charge in [0.25, 0.3) is 0 Å². The molecule has 0 aliphatic carbocycles. The van der Waals surface area contributed by atoms with Crippen LogP contribution in [0.3, 0.4) is 0 Å². The van der Waals surface area contributed by atoms with Gasteiger partial charge in [-0.2, -0.15) is 0 Å². The number of aliphatic hydroxyl groups excluding tert-OH is 1. The molecule has 11 heavy (non-hydrogen) atoms. The summed E-state index contributed by atoms with van der Waals surface area (Å²) < 4.78 is 15.6. The third kappa shape index (κ3) is 1.27. The van der Waals surface area contributed by atoms with Crippen molar-refractivity contribution in [3.8, 4) is 0 Å². The number of fused-ring (bicyclic) bond motifs is 1. The summed E-state index contributed by atoms with van der Waals surface area (Å²) in [6, 6.07) is 0. The van der Waals surface area contributed by atoms with Crippen molar-refractivity contribution in [2.75, 3.05) is 13.7 Å². The first-order valence-electron chi connectivity index (χ1n) is 3.79. The molecular weight excluding hydrogens is 148 g/mol. The molecule has 0 bridgehead atoms. The Balaban J connectivity index is 1.92. The highest BCUT2D eigenvalue weighted by Crippen LogP contribution is 2.36. The Bertz CT molecular complexity index is 149. The minimum Gasteiger partial charge on any atom is -0.394 e. The molecule has 2 saturated heterocycles. The Morgan fingerprint density at radius 1 is 1.55 bits per heavy atom. The summed E-state index contributed by atoms with van der Waals surface area (Å²) in [6.45, 7) is 0.0481. The molecule has 0 saturated carbocycles. The van der Waals surface area contributed by atoms with Gasteiger partial charge >= 0.3 is 0 Å². The molecule has 2 rings (SSSR count). The van der Waals surface area contributed by atoms with E-state index >= 15 is 0 Å². The molecule has 2 aliphatic rings. The van der Waals surface area contributed by atoms with Gasteiger partial charge in [0.15, 0.2) is 6.29 Å². The van der Waals surface area contributed by atoms with Gasteiger partial charge in [0, 0.05) is 13.5 Å². The number of epoxide rings is 1. The van der Waals surface area contributed by atoms with Gasteiger partial charge in [0.2, 0.25) is 0 Å². The zero-order valence-electron chi connectivity index (χ0n) is 6.40. The van der Waals surface area contributed by atoms with E-state index < -0.39 is 0 Å². The van der Waals surface area contributed by atoms with Crippen LogP contribution in [0.15, 0.2) is 0 Å². The number of aliphatic hydroxyl groups is 1. The lowest BCUT2D eigenvalue weighted by molar-refractivity contribution is -0.181. The molecule has 0 aromatic carbocycles. The third-order valence-electron chi connectivity index (χ3n) is 2.15. The van der Waals surface area contributed by atoms with Crippen molar-refractivity contribution in [3.63, 3.8) is 0 Å². The summed E-state index contributed by atoms with van der Waals surface area (Å²) in [5, 5.41) is 8.80. The molecule has 2 fully saturated rings. The first kappa shape index (κ1) is 7.49. The van der Waals surface area contributed by atoms with Crippen molar-refractivity contribution in [1.29, 1.82) is 0 Å². The van der Waals surface area contributed by atoms with Crippen LogP contribution in [0.4, 0.5) is 0 Å². The first-order chi connectivity index (χ1) is 5.35. The van der Waals surface area contributed by atoms with Crippen LogP contribution in [0, 0.1) is 0 Å². The van der Waals surface area contributed by atoms with Crippen molar-refractivity contribution < 1.29 is 19.3 Å². The Morgan fingerprint density at radius 3 is 3.00 bits per heavy atom. The van der Waals surface area contributed by atoms with Gasteiger partial charge in [-0.1, -0.05) is 0 Å². The van der Waals surface area contributed by atoms with Crippen LogP contribution in [0.25, 0.3) is 0 Å². The first-order valence-corrected chi connectivity index (χ1v) is 3.79. The number of rotatable bonds is 2. The maximum atomic E-state index is 8.80. The lowest BCUT2D eigenvalue weighted by atomic mass is 10.1. The van der Waals surface area contributed by atoms with E-state index in [0.717, 1.165) is 6.42 Å². The van der Waals surface area contributed by atoms with E-state index in [1.165, 1.54) is 0 Å². The van der Waals surface area contributed by atoms with Crippen LogP contribution in [0.5, 0.6) is 0 Å². The van der Waals surface area contributed by atoms with Gasteiger partial charge in [0.05, 0.1) is 18.8 Å². The maximum Gasteiger partial charge on any atom is 0.186 e. The number of methoxy groups -OCH3 is 1. The topological polar surface area (TPSA) is 51.2 Å². The van der Waals surface area contributed by atoms with Crippen LogP contribution in [-0.4, -0.2) is 43.4 Å². The lowest BCUT2D eigenvalue weighted by Crippen LogP contribution is -2.36. The maximum absolute atomic E-state index is 8.80. The molecule has 0 aromatic rings. The van der Waals surface area contributed by atoms with Gasteiger partial charge in [-0.15, -0.1) is 0 Å². The summed E-state index contributed by atoms with van der Waals surface area (Å²) >= 11 is 0. The van der Waals surface area contributed by atoms with E-state index in [-0.39, 0.29) is 31.2 Å². The van der Waals surface area contributed by atoms with E-state index in [9.17, 15) is 0 Å². The predicted molar refractivity (Wildman–Crippen MR) is 36.0 cm³/mol.